The Morgan fingerprint density at radius 2 is 1.79 bits per heavy atom. The molecule has 9 nitrogen and oxygen atoms in total. The Balaban J connectivity index is 1.39. The molecule has 0 spiro atoms. The maximum absolute atomic E-state index is 14.0. The Morgan fingerprint density at radius 1 is 1.05 bits per heavy atom. The molecule has 3 aliphatic rings. The third-order valence-corrected chi connectivity index (χ3v) is 8.43. The lowest BCUT2D eigenvalue weighted by Gasteiger charge is -2.54. The van der Waals surface area contributed by atoms with E-state index in [0.717, 1.165) is 24.8 Å². The van der Waals surface area contributed by atoms with E-state index in [0.29, 0.717) is 32.5 Å². The van der Waals surface area contributed by atoms with E-state index in [-0.39, 0.29) is 36.9 Å². The Morgan fingerprint density at radius 3 is 2.48 bits per heavy atom. The summed E-state index contributed by atoms with van der Waals surface area (Å²) < 4.78 is 0. The third-order valence-electron chi connectivity index (χ3n) is 8.43. The van der Waals surface area contributed by atoms with Gasteiger partial charge in [0.25, 0.3) is 0 Å². The summed E-state index contributed by atoms with van der Waals surface area (Å²) >= 11 is 0. The highest BCUT2D eigenvalue weighted by atomic mass is 16.2. The highest BCUT2D eigenvalue weighted by Gasteiger charge is 2.50. The zero-order valence-corrected chi connectivity index (χ0v) is 24.4. The van der Waals surface area contributed by atoms with Crippen LogP contribution < -0.4 is 11.1 Å². The molecule has 3 N–H and O–H groups in total. The van der Waals surface area contributed by atoms with Gasteiger partial charge in [-0.1, -0.05) is 78.9 Å². The number of fused-ring (bicyclic) bond motifs is 1. The van der Waals surface area contributed by atoms with E-state index in [1.54, 1.807) is 22.0 Å². The van der Waals surface area contributed by atoms with Crippen molar-refractivity contribution in [2.75, 3.05) is 33.2 Å². The van der Waals surface area contributed by atoms with Crippen molar-refractivity contribution in [2.24, 2.45) is 5.73 Å². The summed E-state index contributed by atoms with van der Waals surface area (Å²) in [6.07, 6.45) is 10.00. The Kier molecular flexibility index (Phi) is 9.71. The number of hydrazine groups is 1. The Labute approximate surface area is 248 Å². The number of piperazine rings is 1. The van der Waals surface area contributed by atoms with Gasteiger partial charge >= 0.3 is 6.03 Å². The predicted molar refractivity (Wildman–Crippen MR) is 163 cm³/mol. The monoisotopic (exact) mass is 570 g/mol. The van der Waals surface area contributed by atoms with Crippen LogP contribution in [0.3, 0.4) is 0 Å². The molecule has 42 heavy (non-hydrogen) atoms. The fraction of sp³-hybridized carbons (Fsp3) is 0.424. The summed E-state index contributed by atoms with van der Waals surface area (Å²) in [7, 11) is 1.75. The number of likely N-dealkylation sites (N-methyl/N-ethyl adjacent to an activating group) is 1. The fourth-order valence-electron chi connectivity index (χ4n) is 6.34. The lowest BCUT2D eigenvalue weighted by atomic mass is 9.85. The number of hydrogen-bond acceptors (Lipinski definition) is 5. The van der Waals surface area contributed by atoms with E-state index in [4.69, 9.17) is 5.73 Å². The van der Waals surface area contributed by atoms with Gasteiger partial charge in [0, 0.05) is 26.1 Å². The van der Waals surface area contributed by atoms with Gasteiger partial charge < -0.3 is 20.9 Å². The molecule has 3 atom stereocenters. The first-order valence-electron chi connectivity index (χ1n) is 15.0. The van der Waals surface area contributed by atoms with Crippen LogP contribution in [-0.4, -0.2) is 83.1 Å². The summed E-state index contributed by atoms with van der Waals surface area (Å²) in [4.78, 5) is 44.4. The van der Waals surface area contributed by atoms with Crippen molar-refractivity contribution in [3.8, 4) is 0 Å². The average molecular weight is 571 g/mol. The first-order chi connectivity index (χ1) is 20.5. The third kappa shape index (κ3) is 6.58. The van der Waals surface area contributed by atoms with Crippen LogP contribution in [0.4, 0.5) is 4.79 Å². The average Bonchev–Trinajstić information content (AvgIpc) is 3.01. The number of nitrogens with zero attached hydrogens (tertiary/aromatic N) is 4. The molecule has 9 heteroatoms. The largest absolute Gasteiger partial charge is 0.337 e. The van der Waals surface area contributed by atoms with E-state index >= 15 is 0 Å². The minimum absolute atomic E-state index is 0.0260. The van der Waals surface area contributed by atoms with Crippen LogP contribution in [0, 0.1) is 0 Å². The van der Waals surface area contributed by atoms with Crippen molar-refractivity contribution >= 4 is 17.8 Å². The number of rotatable bonds is 10. The van der Waals surface area contributed by atoms with E-state index < -0.39 is 12.2 Å². The maximum atomic E-state index is 14.0. The molecule has 2 aromatic carbocycles. The Bertz CT molecular complexity index is 1300. The van der Waals surface area contributed by atoms with E-state index in [1.165, 1.54) is 11.1 Å². The van der Waals surface area contributed by atoms with Crippen molar-refractivity contribution in [2.45, 2.75) is 56.8 Å². The first-order valence-corrected chi connectivity index (χ1v) is 15.0. The van der Waals surface area contributed by atoms with Gasteiger partial charge in [0.2, 0.25) is 11.8 Å². The number of nitrogens with two attached hydrogens (primary N) is 1. The molecule has 2 saturated heterocycles. The summed E-state index contributed by atoms with van der Waals surface area (Å²) in [5, 5.41) is 6.29. The van der Waals surface area contributed by atoms with E-state index in [1.807, 2.05) is 41.3 Å². The number of amides is 4. The second-order valence-electron chi connectivity index (χ2n) is 11.3. The van der Waals surface area contributed by atoms with Gasteiger partial charge in [0.05, 0.1) is 13.1 Å². The highest BCUT2D eigenvalue weighted by Crippen LogP contribution is 2.33. The van der Waals surface area contributed by atoms with Crippen molar-refractivity contribution in [3.05, 3.63) is 95.6 Å². The lowest BCUT2D eigenvalue weighted by molar-refractivity contribution is -0.187. The molecule has 0 bridgehead atoms. The van der Waals surface area contributed by atoms with E-state index in [2.05, 4.69) is 47.8 Å². The second-order valence-corrected chi connectivity index (χ2v) is 11.3. The van der Waals surface area contributed by atoms with Crippen molar-refractivity contribution in [1.82, 2.24) is 25.1 Å². The molecular formula is C33H42N6O3. The number of carbonyl (C=O) groups excluding carboxylic acids is 3. The van der Waals surface area contributed by atoms with Crippen LogP contribution in [0.2, 0.25) is 0 Å². The van der Waals surface area contributed by atoms with Crippen LogP contribution in [0.15, 0.2) is 84.5 Å². The number of carbonyl (C=O) groups is 3. The number of hydrogen-bond donors (Lipinski definition) is 2. The smallest absolute Gasteiger partial charge is 0.334 e. The molecule has 0 saturated carbocycles. The van der Waals surface area contributed by atoms with Crippen LogP contribution in [0.1, 0.15) is 49.1 Å². The molecule has 2 heterocycles. The number of nitrogens with one attached hydrogen (secondary N) is 1. The van der Waals surface area contributed by atoms with Crippen molar-refractivity contribution < 1.29 is 14.4 Å². The quantitative estimate of drug-likeness (QED) is 0.455. The number of allylic oxidation sites excluding steroid dienone is 4. The molecular weight excluding hydrogens is 528 g/mol. The highest BCUT2D eigenvalue weighted by molar-refractivity contribution is 5.91. The van der Waals surface area contributed by atoms with Crippen molar-refractivity contribution in [3.63, 3.8) is 0 Å². The molecule has 1 aliphatic carbocycles. The second kappa shape index (κ2) is 13.8. The lowest BCUT2D eigenvalue weighted by Crippen LogP contribution is -2.76. The molecule has 2 aliphatic heterocycles. The summed E-state index contributed by atoms with van der Waals surface area (Å²) in [5.74, 6) is -0.0662. The summed E-state index contributed by atoms with van der Waals surface area (Å²) in [6, 6.07) is 19.2. The molecule has 2 aromatic rings. The molecule has 1 unspecified atom stereocenters. The summed E-state index contributed by atoms with van der Waals surface area (Å²) in [6.45, 7) is 1.59. The van der Waals surface area contributed by atoms with Crippen LogP contribution >= 0.6 is 0 Å². The zero-order chi connectivity index (χ0) is 29.5. The van der Waals surface area contributed by atoms with Gasteiger partial charge in [-0.05, 0) is 55.3 Å². The van der Waals surface area contributed by atoms with Crippen molar-refractivity contribution in [1.29, 1.82) is 0 Å². The summed E-state index contributed by atoms with van der Waals surface area (Å²) in [5.41, 5.74) is 9.32. The zero-order valence-electron chi connectivity index (χ0n) is 24.4. The van der Waals surface area contributed by atoms with Crippen LogP contribution in [0.5, 0.6) is 0 Å². The fourth-order valence-corrected chi connectivity index (χ4v) is 6.34. The Hall–Kier alpha value is -3.95. The molecule has 0 radical (unpaired) electrons. The van der Waals surface area contributed by atoms with Gasteiger partial charge in [0.1, 0.15) is 12.2 Å². The molecule has 222 valence electrons. The van der Waals surface area contributed by atoms with Gasteiger partial charge in [0.15, 0.2) is 0 Å². The van der Waals surface area contributed by atoms with Gasteiger partial charge in [-0.2, -0.15) is 0 Å². The number of benzene rings is 2. The predicted octanol–water partition coefficient (Wildman–Crippen LogP) is 3.61. The minimum atomic E-state index is -0.651. The molecule has 5 rings (SSSR count). The van der Waals surface area contributed by atoms with Crippen LogP contribution in [0.25, 0.3) is 0 Å². The standard InChI is InChI=1S/C33H42N6O3/c1-36-24-31(40)38-29(18-11-20-34)32(41)37(23-30(38)39(36)33(42)35-22-25-12-5-2-6-13-25)21-19-28(26-14-7-3-8-15-26)27-16-9-4-10-17-27/h2-3,5-9,12-17,28-30H,4,10-11,18-24,34H2,1H3,(H,35,42)/t28?,29-,30-/m0/s1. The normalized spacial score (nSPS) is 21.7. The minimum Gasteiger partial charge on any atom is -0.337 e. The van der Waals surface area contributed by atoms with Gasteiger partial charge in [-0.15, -0.1) is 0 Å². The first kappa shape index (κ1) is 29.5. The SMILES string of the molecule is CN1CC(=O)N2[C@@H](CCCN)C(=O)N(CCC(C3=CCCC=C3)c3ccccc3)C[C@@H]2N1C(=O)NCc1ccccc1. The topological polar surface area (TPSA) is 102 Å². The van der Waals surface area contributed by atoms with Crippen LogP contribution in [-0.2, 0) is 16.1 Å². The molecule has 4 amide bonds. The molecule has 0 aromatic heterocycles. The maximum Gasteiger partial charge on any atom is 0.334 e. The van der Waals surface area contributed by atoms with Gasteiger partial charge in [-0.25, -0.2) is 14.8 Å². The molecule has 2 fully saturated rings. The van der Waals surface area contributed by atoms with Gasteiger partial charge in [-0.3, -0.25) is 9.59 Å². The number of urea groups is 1. The van der Waals surface area contributed by atoms with E-state index in [9.17, 15) is 14.4 Å².